The maximum atomic E-state index is 12.5. The molecule has 1 aliphatic heterocycles. The van der Waals surface area contributed by atoms with E-state index in [0.717, 1.165) is 29.8 Å². The number of amides is 2. The number of benzene rings is 2. The number of hydrogen-bond donors (Lipinski definition) is 2. The second-order valence-electron chi connectivity index (χ2n) is 5.08. The number of fused-ring (bicyclic) bond motifs is 1. The number of hydrogen-bond acceptors (Lipinski definition) is 2. The molecule has 5 heteroatoms. The van der Waals surface area contributed by atoms with Gasteiger partial charge in [0, 0.05) is 28.6 Å². The first-order valence-electron chi connectivity index (χ1n) is 6.86. The molecule has 0 bridgehead atoms. The summed E-state index contributed by atoms with van der Waals surface area (Å²) in [7, 11) is 0. The summed E-state index contributed by atoms with van der Waals surface area (Å²) in [5, 5.41) is 3.48. The molecule has 2 aromatic rings. The molecule has 0 aromatic heterocycles. The molecule has 21 heavy (non-hydrogen) atoms. The highest BCUT2D eigenvalue weighted by Crippen LogP contribution is 2.29. The zero-order chi connectivity index (χ0) is 14.8. The normalized spacial score (nSPS) is 13.7. The van der Waals surface area contributed by atoms with Gasteiger partial charge in [0.05, 0.1) is 0 Å². The summed E-state index contributed by atoms with van der Waals surface area (Å²) in [6.07, 6.45) is 1.88. The van der Waals surface area contributed by atoms with Crippen LogP contribution in [0, 0.1) is 0 Å². The standard InChI is InChI=1S/C16H16ClN3O/c17-12-4-1-5-14(10-12)19-16(21)20-8-2-3-11-9-13(18)6-7-15(11)20/h1,4-7,9-10H,2-3,8,18H2,(H,19,21). The van der Waals surface area contributed by atoms with Crippen LogP contribution in [0.25, 0.3) is 0 Å². The van der Waals surface area contributed by atoms with Gasteiger partial charge < -0.3 is 11.1 Å². The van der Waals surface area contributed by atoms with Gasteiger partial charge in [-0.3, -0.25) is 4.90 Å². The highest BCUT2D eigenvalue weighted by atomic mass is 35.5. The van der Waals surface area contributed by atoms with Crippen molar-refractivity contribution in [1.82, 2.24) is 0 Å². The summed E-state index contributed by atoms with van der Waals surface area (Å²) in [6.45, 7) is 0.698. The lowest BCUT2D eigenvalue weighted by molar-refractivity contribution is 0.256. The monoisotopic (exact) mass is 301 g/mol. The molecular formula is C16H16ClN3O. The number of halogens is 1. The van der Waals surface area contributed by atoms with Gasteiger partial charge in [0.15, 0.2) is 0 Å². The fourth-order valence-corrected chi connectivity index (χ4v) is 2.78. The predicted molar refractivity (Wildman–Crippen MR) is 87.0 cm³/mol. The number of nitrogens with one attached hydrogen (secondary N) is 1. The van der Waals surface area contributed by atoms with Crippen LogP contribution in [0.3, 0.4) is 0 Å². The maximum absolute atomic E-state index is 12.5. The van der Waals surface area contributed by atoms with E-state index in [2.05, 4.69) is 5.32 Å². The summed E-state index contributed by atoms with van der Waals surface area (Å²) >= 11 is 5.93. The molecule has 0 fully saturated rings. The van der Waals surface area contributed by atoms with Gasteiger partial charge in [-0.05, 0) is 54.8 Å². The SMILES string of the molecule is Nc1ccc2c(c1)CCCN2C(=O)Nc1cccc(Cl)c1. The van der Waals surface area contributed by atoms with E-state index in [1.807, 2.05) is 30.3 Å². The number of carbonyl (C=O) groups excluding carboxylic acids is 1. The summed E-state index contributed by atoms with van der Waals surface area (Å²) in [4.78, 5) is 14.2. The molecule has 0 saturated carbocycles. The molecule has 1 heterocycles. The fourth-order valence-electron chi connectivity index (χ4n) is 2.59. The second kappa shape index (κ2) is 5.66. The van der Waals surface area contributed by atoms with Gasteiger partial charge in [-0.1, -0.05) is 17.7 Å². The van der Waals surface area contributed by atoms with E-state index in [1.54, 1.807) is 17.0 Å². The Kier molecular flexibility index (Phi) is 3.71. The lowest BCUT2D eigenvalue weighted by atomic mass is 10.0. The Hall–Kier alpha value is -2.20. The number of nitrogen functional groups attached to an aromatic ring is 1. The highest BCUT2D eigenvalue weighted by Gasteiger charge is 2.22. The Balaban J connectivity index is 1.83. The molecule has 3 N–H and O–H groups in total. The van der Waals surface area contributed by atoms with Crippen molar-refractivity contribution in [3.63, 3.8) is 0 Å². The van der Waals surface area contributed by atoms with Crippen LogP contribution in [-0.2, 0) is 6.42 Å². The first kappa shape index (κ1) is 13.8. The number of urea groups is 1. The van der Waals surface area contributed by atoms with Gasteiger partial charge in [-0.25, -0.2) is 4.79 Å². The third-order valence-corrected chi connectivity index (χ3v) is 3.78. The molecule has 0 saturated heterocycles. The Morgan fingerprint density at radius 2 is 2.10 bits per heavy atom. The minimum Gasteiger partial charge on any atom is -0.399 e. The number of rotatable bonds is 1. The molecule has 108 valence electrons. The van der Waals surface area contributed by atoms with E-state index >= 15 is 0 Å². The van der Waals surface area contributed by atoms with Crippen LogP contribution >= 0.6 is 11.6 Å². The van der Waals surface area contributed by atoms with Gasteiger partial charge in [-0.2, -0.15) is 0 Å². The Bertz CT molecular complexity index is 687. The molecular weight excluding hydrogens is 286 g/mol. The zero-order valence-corrected chi connectivity index (χ0v) is 12.2. The van der Waals surface area contributed by atoms with Crippen molar-refractivity contribution < 1.29 is 4.79 Å². The van der Waals surface area contributed by atoms with Gasteiger partial charge in [0.1, 0.15) is 0 Å². The van der Waals surface area contributed by atoms with Crippen molar-refractivity contribution in [2.24, 2.45) is 0 Å². The number of nitrogens with two attached hydrogens (primary N) is 1. The average Bonchev–Trinajstić information content (AvgIpc) is 2.46. The largest absolute Gasteiger partial charge is 0.399 e. The summed E-state index contributed by atoms with van der Waals surface area (Å²) < 4.78 is 0. The van der Waals surface area contributed by atoms with E-state index in [0.29, 0.717) is 17.3 Å². The summed E-state index contributed by atoms with van der Waals surface area (Å²) in [5.74, 6) is 0. The minimum atomic E-state index is -0.150. The van der Waals surface area contributed by atoms with Crippen molar-refractivity contribution in [2.75, 3.05) is 22.5 Å². The molecule has 2 aromatic carbocycles. The topological polar surface area (TPSA) is 58.4 Å². The minimum absolute atomic E-state index is 0.150. The number of aryl methyl sites for hydroxylation is 1. The van der Waals surface area contributed by atoms with Crippen LogP contribution in [0.15, 0.2) is 42.5 Å². The molecule has 2 amide bonds. The summed E-state index contributed by atoms with van der Waals surface area (Å²) in [6, 6.07) is 12.6. The van der Waals surface area contributed by atoms with Crippen LogP contribution in [0.5, 0.6) is 0 Å². The van der Waals surface area contributed by atoms with E-state index in [1.165, 1.54) is 0 Å². The third-order valence-electron chi connectivity index (χ3n) is 3.54. The first-order valence-corrected chi connectivity index (χ1v) is 7.24. The summed E-state index contributed by atoms with van der Waals surface area (Å²) in [5.41, 5.74) is 9.27. The van der Waals surface area contributed by atoms with Gasteiger partial charge in [-0.15, -0.1) is 0 Å². The molecule has 0 unspecified atom stereocenters. The van der Waals surface area contributed by atoms with Crippen molar-refractivity contribution in [1.29, 1.82) is 0 Å². The Morgan fingerprint density at radius 1 is 1.24 bits per heavy atom. The van der Waals surface area contributed by atoms with E-state index < -0.39 is 0 Å². The quantitative estimate of drug-likeness (QED) is 0.785. The second-order valence-corrected chi connectivity index (χ2v) is 5.52. The lowest BCUT2D eigenvalue weighted by Crippen LogP contribution is -2.38. The highest BCUT2D eigenvalue weighted by molar-refractivity contribution is 6.30. The predicted octanol–water partition coefficient (Wildman–Crippen LogP) is 3.91. The Labute approximate surface area is 128 Å². The van der Waals surface area contributed by atoms with Crippen molar-refractivity contribution in [2.45, 2.75) is 12.8 Å². The number of anilines is 3. The van der Waals surface area contributed by atoms with Crippen LogP contribution in [0.1, 0.15) is 12.0 Å². The van der Waals surface area contributed by atoms with Crippen LogP contribution < -0.4 is 16.0 Å². The molecule has 4 nitrogen and oxygen atoms in total. The maximum Gasteiger partial charge on any atom is 0.326 e. The zero-order valence-electron chi connectivity index (χ0n) is 11.5. The lowest BCUT2D eigenvalue weighted by Gasteiger charge is -2.29. The molecule has 3 rings (SSSR count). The smallest absolute Gasteiger partial charge is 0.326 e. The molecule has 0 atom stereocenters. The average molecular weight is 302 g/mol. The van der Waals surface area contributed by atoms with E-state index in [9.17, 15) is 4.79 Å². The van der Waals surface area contributed by atoms with Gasteiger partial charge in [0.25, 0.3) is 0 Å². The van der Waals surface area contributed by atoms with Crippen LogP contribution in [0.4, 0.5) is 21.9 Å². The first-order chi connectivity index (χ1) is 10.1. The molecule has 0 aliphatic carbocycles. The van der Waals surface area contributed by atoms with Crippen LogP contribution in [0.2, 0.25) is 5.02 Å². The van der Waals surface area contributed by atoms with Crippen molar-refractivity contribution in [3.8, 4) is 0 Å². The molecule has 0 spiro atoms. The van der Waals surface area contributed by atoms with E-state index in [4.69, 9.17) is 17.3 Å². The number of carbonyl (C=O) groups is 1. The van der Waals surface area contributed by atoms with Crippen LogP contribution in [-0.4, -0.2) is 12.6 Å². The van der Waals surface area contributed by atoms with Crippen molar-refractivity contribution >= 4 is 34.7 Å². The van der Waals surface area contributed by atoms with Crippen molar-refractivity contribution in [3.05, 3.63) is 53.1 Å². The third kappa shape index (κ3) is 2.95. The van der Waals surface area contributed by atoms with E-state index in [-0.39, 0.29) is 6.03 Å². The fraction of sp³-hybridized carbons (Fsp3) is 0.188. The molecule has 0 radical (unpaired) electrons. The molecule has 1 aliphatic rings. The Morgan fingerprint density at radius 3 is 2.90 bits per heavy atom. The van der Waals surface area contributed by atoms with Gasteiger partial charge >= 0.3 is 6.03 Å². The van der Waals surface area contributed by atoms with Gasteiger partial charge in [0.2, 0.25) is 0 Å². The number of nitrogens with zero attached hydrogens (tertiary/aromatic N) is 1.